The number of esters is 1. The molecule has 15 heavy (non-hydrogen) atoms. The Bertz CT molecular complexity index is 231. The minimum atomic E-state index is -0.0583. The fourth-order valence-corrected chi connectivity index (χ4v) is 1.94. The van der Waals surface area contributed by atoms with E-state index in [-0.39, 0.29) is 11.9 Å². The van der Waals surface area contributed by atoms with Gasteiger partial charge in [-0.05, 0) is 26.3 Å². The molecule has 0 aromatic rings. The summed E-state index contributed by atoms with van der Waals surface area (Å²) in [5.41, 5.74) is 1.52. The van der Waals surface area contributed by atoms with E-state index in [4.69, 9.17) is 16.3 Å². The molecule has 86 valence electrons. The normalized spacial score (nSPS) is 23.2. The Morgan fingerprint density at radius 2 is 2.47 bits per heavy atom. The smallest absolute Gasteiger partial charge is 0.310 e. The Kier molecular flexibility index (Phi) is 5.73. The van der Waals surface area contributed by atoms with Gasteiger partial charge in [0.25, 0.3) is 0 Å². The quantitative estimate of drug-likeness (QED) is 0.694. The highest BCUT2D eigenvalue weighted by Crippen LogP contribution is 2.17. The summed E-state index contributed by atoms with van der Waals surface area (Å²) in [7, 11) is 0. The van der Waals surface area contributed by atoms with Crippen molar-refractivity contribution in [3.63, 3.8) is 0 Å². The third kappa shape index (κ3) is 4.22. The fourth-order valence-electron chi connectivity index (χ4n) is 1.86. The van der Waals surface area contributed by atoms with Crippen molar-refractivity contribution in [1.29, 1.82) is 0 Å². The molecule has 0 unspecified atom stereocenters. The van der Waals surface area contributed by atoms with Gasteiger partial charge in [-0.2, -0.15) is 0 Å². The van der Waals surface area contributed by atoms with Crippen molar-refractivity contribution in [3.8, 4) is 0 Å². The fraction of sp³-hybridized carbons (Fsp3) is 0.727. The second kappa shape index (κ2) is 6.85. The SMILES string of the molecule is CCOC(=O)[C@@H]1CCCN(C/C=C/Cl)C1. The number of rotatable bonds is 4. The first-order chi connectivity index (χ1) is 7.27. The number of halogens is 1. The third-order valence-electron chi connectivity index (χ3n) is 2.58. The molecule has 0 spiro atoms. The largest absolute Gasteiger partial charge is 0.466 e. The topological polar surface area (TPSA) is 29.5 Å². The molecular weight excluding hydrogens is 214 g/mol. The first-order valence-corrected chi connectivity index (χ1v) is 5.85. The number of carbonyl (C=O) groups excluding carboxylic acids is 1. The molecule has 1 atom stereocenters. The Hall–Kier alpha value is -0.540. The van der Waals surface area contributed by atoms with Gasteiger partial charge < -0.3 is 4.74 Å². The molecule has 1 aliphatic rings. The van der Waals surface area contributed by atoms with Crippen LogP contribution >= 0.6 is 11.6 Å². The minimum Gasteiger partial charge on any atom is -0.466 e. The standard InChI is InChI=1S/C11H18ClNO2/c1-2-15-11(14)10-5-3-7-13(9-10)8-4-6-12/h4,6,10H,2-3,5,7-9H2,1H3/b6-4+/t10-/m1/s1. The molecule has 0 aliphatic carbocycles. The highest BCUT2D eigenvalue weighted by Gasteiger charge is 2.25. The van der Waals surface area contributed by atoms with Gasteiger partial charge >= 0.3 is 5.97 Å². The molecule has 0 saturated carbocycles. The maximum Gasteiger partial charge on any atom is 0.310 e. The van der Waals surface area contributed by atoms with Crippen molar-refractivity contribution in [3.05, 3.63) is 11.6 Å². The highest BCUT2D eigenvalue weighted by molar-refractivity contribution is 6.25. The van der Waals surface area contributed by atoms with E-state index < -0.39 is 0 Å². The number of piperidine rings is 1. The van der Waals surface area contributed by atoms with Crippen molar-refractivity contribution in [2.75, 3.05) is 26.2 Å². The molecule has 1 fully saturated rings. The second-order valence-electron chi connectivity index (χ2n) is 3.71. The average Bonchev–Trinajstić information content (AvgIpc) is 2.27. The molecule has 1 aliphatic heterocycles. The van der Waals surface area contributed by atoms with Crippen LogP contribution < -0.4 is 0 Å². The van der Waals surface area contributed by atoms with Gasteiger partial charge in [-0.25, -0.2) is 0 Å². The molecule has 0 amide bonds. The van der Waals surface area contributed by atoms with Crippen LogP contribution in [0.3, 0.4) is 0 Å². The molecule has 0 radical (unpaired) electrons. The van der Waals surface area contributed by atoms with Gasteiger partial charge in [-0.15, -0.1) is 0 Å². The summed E-state index contributed by atoms with van der Waals surface area (Å²) < 4.78 is 5.02. The van der Waals surface area contributed by atoms with Crippen LogP contribution in [0.5, 0.6) is 0 Å². The van der Waals surface area contributed by atoms with Crippen LogP contribution in [0.15, 0.2) is 11.6 Å². The molecule has 4 heteroatoms. The summed E-state index contributed by atoms with van der Waals surface area (Å²) in [5.74, 6) is -0.0144. The molecule has 1 saturated heterocycles. The van der Waals surface area contributed by atoms with E-state index in [0.717, 1.165) is 32.5 Å². The van der Waals surface area contributed by atoms with Crippen LogP contribution in [0, 0.1) is 5.92 Å². The zero-order valence-electron chi connectivity index (χ0n) is 9.12. The number of carbonyl (C=O) groups is 1. The van der Waals surface area contributed by atoms with Crippen LogP contribution in [0.1, 0.15) is 19.8 Å². The van der Waals surface area contributed by atoms with Crippen LogP contribution in [0.2, 0.25) is 0 Å². The molecule has 1 rings (SSSR count). The molecule has 1 heterocycles. The molecular formula is C11H18ClNO2. The molecule has 0 bridgehead atoms. The van der Waals surface area contributed by atoms with Crippen molar-refractivity contribution in [2.24, 2.45) is 5.92 Å². The van der Waals surface area contributed by atoms with E-state index in [1.807, 2.05) is 13.0 Å². The van der Waals surface area contributed by atoms with Crippen LogP contribution in [0.25, 0.3) is 0 Å². The number of nitrogens with zero attached hydrogens (tertiary/aromatic N) is 1. The maximum atomic E-state index is 11.5. The lowest BCUT2D eigenvalue weighted by Crippen LogP contribution is -2.39. The van der Waals surface area contributed by atoms with Gasteiger partial charge in [-0.3, -0.25) is 9.69 Å². The molecule has 0 aromatic carbocycles. The minimum absolute atomic E-state index is 0.0439. The summed E-state index contributed by atoms with van der Waals surface area (Å²) in [6.45, 7) is 4.96. The van der Waals surface area contributed by atoms with Crippen LogP contribution in [-0.2, 0) is 9.53 Å². The Morgan fingerprint density at radius 3 is 3.13 bits per heavy atom. The number of hydrogen-bond acceptors (Lipinski definition) is 3. The molecule has 0 aromatic heterocycles. The first kappa shape index (κ1) is 12.5. The van der Waals surface area contributed by atoms with E-state index in [1.165, 1.54) is 5.54 Å². The van der Waals surface area contributed by atoms with Crippen molar-refractivity contribution < 1.29 is 9.53 Å². The van der Waals surface area contributed by atoms with Crippen LogP contribution in [0.4, 0.5) is 0 Å². The summed E-state index contributed by atoms with van der Waals surface area (Å²) in [6, 6.07) is 0. The van der Waals surface area contributed by atoms with Gasteiger partial charge in [0.2, 0.25) is 0 Å². The van der Waals surface area contributed by atoms with E-state index in [9.17, 15) is 4.79 Å². The molecule has 0 N–H and O–H groups in total. The van der Waals surface area contributed by atoms with Crippen molar-refractivity contribution >= 4 is 17.6 Å². The first-order valence-electron chi connectivity index (χ1n) is 5.42. The van der Waals surface area contributed by atoms with Gasteiger partial charge in [0.05, 0.1) is 12.5 Å². The van der Waals surface area contributed by atoms with E-state index in [2.05, 4.69) is 4.90 Å². The Balaban J connectivity index is 2.37. The van der Waals surface area contributed by atoms with Gasteiger partial charge in [-0.1, -0.05) is 17.7 Å². The number of likely N-dealkylation sites (tertiary alicyclic amines) is 1. The maximum absolute atomic E-state index is 11.5. The summed E-state index contributed by atoms with van der Waals surface area (Å²) in [4.78, 5) is 13.8. The summed E-state index contributed by atoms with van der Waals surface area (Å²) in [5, 5.41) is 0. The number of ether oxygens (including phenoxy) is 1. The highest BCUT2D eigenvalue weighted by atomic mass is 35.5. The predicted octanol–water partition coefficient (Wildman–Crippen LogP) is 2.01. The lowest BCUT2D eigenvalue weighted by atomic mass is 9.98. The second-order valence-corrected chi connectivity index (χ2v) is 3.96. The Morgan fingerprint density at radius 1 is 1.67 bits per heavy atom. The average molecular weight is 232 g/mol. The van der Waals surface area contributed by atoms with Gasteiger partial charge in [0, 0.05) is 18.6 Å². The van der Waals surface area contributed by atoms with Crippen molar-refractivity contribution in [1.82, 2.24) is 4.90 Å². The van der Waals surface area contributed by atoms with Crippen molar-refractivity contribution in [2.45, 2.75) is 19.8 Å². The molecule has 3 nitrogen and oxygen atoms in total. The predicted molar refractivity (Wildman–Crippen MR) is 60.8 cm³/mol. The van der Waals surface area contributed by atoms with E-state index in [1.54, 1.807) is 0 Å². The Labute approximate surface area is 96.0 Å². The summed E-state index contributed by atoms with van der Waals surface area (Å²) >= 11 is 5.47. The van der Waals surface area contributed by atoms with Crippen LogP contribution in [-0.4, -0.2) is 37.1 Å². The van der Waals surface area contributed by atoms with E-state index >= 15 is 0 Å². The lowest BCUT2D eigenvalue weighted by Gasteiger charge is -2.30. The monoisotopic (exact) mass is 231 g/mol. The van der Waals surface area contributed by atoms with Gasteiger partial charge in [0.1, 0.15) is 0 Å². The zero-order valence-corrected chi connectivity index (χ0v) is 9.87. The van der Waals surface area contributed by atoms with E-state index in [0.29, 0.717) is 6.61 Å². The zero-order chi connectivity index (χ0) is 11.1. The summed E-state index contributed by atoms with van der Waals surface area (Å²) in [6.07, 6.45) is 3.90. The third-order valence-corrected chi connectivity index (χ3v) is 2.76. The number of hydrogen-bond donors (Lipinski definition) is 0. The van der Waals surface area contributed by atoms with Gasteiger partial charge in [0.15, 0.2) is 0 Å². The lowest BCUT2D eigenvalue weighted by molar-refractivity contribution is -0.149.